The fraction of sp³-hybridized carbons (Fsp3) is 0.250. The summed E-state index contributed by atoms with van der Waals surface area (Å²) >= 11 is 0. The SMILES string of the molecule is CC.CC(=O)C1=CCC=C1.O=[N+]([O-])c1ccccc1.[CH3-].[Y]. The molecule has 0 spiro atoms. The van der Waals surface area contributed by atoms with Gasteiger partial charge in [-0.25, -0.2) is 0 Å². The number of para-hydroxylation sites is 1. The van der Waals surface area contributed by atoms with Crippen LogP contribution < -0.4 is 0 Å². The van der Waals surface area contributed by atoms with Gasteiger partial charge in [0.1, 0.15) is 0 Å². The van der Waals surface area contributed by atoms with Gasteiger partial charge in [-0.3, -0.25) is 14.9 Å². The minimum Gasteiger partial charge on any atom is -0.358 e. The quantitative estimate of drug-likeness (QED) is 0.440. The summed E-state index contributed by atoms with van der Waals surface area (Å²) in [6.07, 6.45) is 6.70. The predicted molar refractivity (Wildman–Crippen MR) is 83.4 cm³/mol. The van der Waals surface area contributed by atoms with Crippen LogP contribution in [-0.4, -0.2) is 10.7 Å². The van der Waals surface area contributed by atoms with Crippen LogP contribution in [0.4, 0.5) is 5.69 Å². The zero-order chi connectivity index (χ0) is 14.7. The fourth-order valence-electron chi connectivity index (χ4n) is 1.27. The molecule has 0 N–H and O–H groups in total. The number of nitro groups is 1. The average molecular weight is 365 g/mol. The largest absolute Gasteiger partial charge is 0.358 e. The van der Waals surface area contributed by atoms with Crippen LogP contribution in [0.2, 0.25) is 0 Å². The van der Waals surface area contributed by atoms with E-state index in [2.05, 4.69) is 0 Å². The van der Waals surface area contributed by atoms with Gasteiger partial charge in [-0.2, -0.15) is 0 Å². The number of carbonyl (C=O) groups is 1. The van der Waals surface area contributed by atoms with Crippen molar-refractivity contribution in [1.29, 1.82) is 0 Å². The Morgan fingerprint density at radius 1 is 1.19 bits per heavy atom. The summed E-state index contributed by atoms with van der Waals surface area (Å²) in [5.74, 6) is 0.166. The average Bonchev–Trinajstić information content (AvgIpc) is 2.97. The Kier molecular flexibility index (Phi) is 18.1. The molecule has 1 aromatic carbocycles. The molecule has 2 rings (SSSR count). The number of carbonyl (C=O) groups excluding carboxylic acids is 1. The Morgan fingerprint density at radius 3 is 1.95 bits per heavy atom. The Balaban J connectivity index is -0.000000255. The number of hydrogen-bond donors (Lipinski definition) is 0. The maximum atomic E-state index is 10.5. The number of non-ortho nitro benzene ring substituents is 1. The van der Waals surface area contributed by atoms with Gasteiger partial charge in [0.15, 0.2) is 5.78 Å². The minimum atomic E-state index is -0.417. The normalized spacial score (nSPS) is 10.3. The van der Waals surface area contributed by atoms with Gasteiger partial charge in [0.25, 0.3) is 5.69 Å². The first kappa shape index (κ1) is 24.9. The summed E-state index contributed by atoms with van der Waals surface area (Å²) in [7, 11) is 0. The molecule has 1 aromatic rings. The molecule has 5 heteroatoms. The van der Waals surface area contributed by atoms with E-state index in [0.29, 0.717) is 0 Å². The van der Waals surface area contributed by atoms with Gasteiger partial charge in [0.2, 0.25) is 0 Å². The van der Waals surface area contributed by atoms with Crippen LogP contribution in [0.1, 0.15) is 27.2 Å². The van der Waals surface area contributed by atoms with Gasteiger partial charge < -0.3 is 7.43 Å². The Labute approximate surface area is 152 Å². The van der Waals surface area contributed by atoms with Crippen LogP contribution in [0.25, 0.3) is 0 Å². The molecule has 0 heterocycles. The van der Waals surface area contributed by atoms with Crippen LogP contribution in [0, 0.1) is 17.5 Å². The van der Waals surface area contributed by atoms with Gasteiger partial charge >= 0.3 is 0 Å². The van der Waals surface area contributed by atoms with Crippen molar-refractivity contribution >= 4 is 11.5 Å². The van der Waals surface area contributed by atoms with E-state index in [1.807, 2.05) is 32.1 Å². The number of rotatable bonds is 2. The number of nitro benzene ring substituents is 1. The van der Waals surface area contributed by atoms with Gasteiger partial charge in [-0.05, 0) is 13.3 Å². The number of ketones is 1. The molecule has 0 atom stereocenters. The number of Topliss-reactive ketones (excluding diaryl/α,β-unsaturated/α-hetero) is 1. The molecule has 4 nitrogen and oxygen atoms in total. The molecular weight excluding hydrogens is 343 g/mol. The molecule has 0 aromatic heterocycles. The molecule has 0 aliphatic heterocycles. The molecule has 0 unspecified atom stereocenters. The van der Waals surface area contributed by atoms with Gasteiger partial charge in [-0.15, -0.1) is 0 Å². The third-order valence-corrected chi connectivity index (χ3v) is 2.14. The molecule has 1 aliphatic rings. The fourth-order valence-corrected chi connectivity index (χ4v) is 1.27. The minimum absolute atomic E-state index is 0. The van der Waals surface area contributed by atoms with Gasteiger partial charge in [0.05, 0.1) is 4.92 Å². The van der Waals surface area contributed by atoms with E-state index in [1.54, 1.807) is 25.1 Å². The van der Waals surface area contributed by atoms with Gasteiger partial charge in [0, 0.05) is 50.4 Å². The van der Waals surface area contributed by atoms with E-state index in [0.717, 1.165) is 12.0 Å². The van der Waals surface area contributed by atoms with E-state index < -0.39 is 4.92 Å². The van der Waals surface area contributed by atoms with E-state index >= 15 is 0 Å². The van der Waals surface area contributed by atoms with E-state index in [1.165, 1.54) is 12.1 Å². The first-order valence-corrected chi connectivity index (χ1v) is 6.18. The van der Waals surface area contributed by atoms with Crippen molar-refractivity contribution in [3.05, 3.63) is 71.7 Å². The molecule has 21 heavy (non-hydrogen) atoms. The first-order chi connectivity index (χ1) is 9.11. The summed E-state index contributed by atoms with van der Waals surface area (Å²) in [5, 5.41) is 10.0. The first-order valence-electron chi connectivity index (χ1n) is 6.18. The number of allylic oxidation sites excluding steroid dienone is 4. The molecule has 0 bridgehead atoms. The second-order valence-corrected chi connectivity index (χ2v) is 3.45. The van der Waals surface area contributed by atoms with E-state index in [9.17, 15) is 14.9 Å². The summed E-state index contributed by atoms with van der Waals surface area (Å²) < 4.78 is 0. The summed E-state index contributed by atoms with van der Waals surface area (Å²) in [6.45, 7) is 5.58. The Hall–Kier alpha value is -1.13. The maximum absolute atomic E-state index is 10.5. The molecule has 0 amide bonds. The van der Waals surface area contributed by atoms with Crippen molar-refractivity contribution in [2.75, 3.05) is 0 Å². The van der Waals surface area contributed by atoms with Crippen molar-refractivity contribution in [2.45, 2.75) is 27.2 Å². The molecule has 113 valence electrons. The van der Waals surface area contributed by atoms with Crippen LogP contribution in [-0.2, 0) is 37.5 Å². The number of nitrogens with zero attached hydrogens (tertiary/aromatic N) is 1. The van der Waals surface area contributed by atoms with E-state index in [4.69, 9.17) is 0 Å². The molecule has 1 radical (unpaired) electrons. The Bertz CT molecular complexity index is 468. The molecule has 1 aliphatic carbocycles. The summed E-state index contributed by atoms with van der Waals surface area (Å²) in [6, 6.07) is 7.93. The van der Waals surface area contributed by atoms with Crippen molar-refractivity contribution < 1.29 is 42.4 Å². The second kappa shape index (κ2) is 15.3. The zero-order valence-electron chi connectivity index (χ0n) is 13.1. The molecule has 0 saturated carbocycles. The van der Waals surface area contributed by atoms with Crippen molar-refractivity contribution in [1.82, 2.24) is 0 Å². The monoisotopic (exact) mass is 365 g/mol. The predicted octanol–water partition coefficient (Wildman–Crippen LogP) is 4.53. The van der Waals surface area contributed by atoms with Crippen LogP contribution in [0.5, 0.6) is 0 Å². The third-order valence-electron chi connectivity index (χ3n) is 2.14. The molecule has 0 saturated heterocycles. The van der Waals surface area contributed by atoms with Crippen LogP contribution in [0.3, 0.4) is 0 Å². The second-order valence-electron chi connectivity index (χ2n) is 3.45. The number of benzene rings is 1. The molecular formula is C16H22NO3Y-. The van der Waals surface area contributed by atoms with Gasteiger partial charge in [-0.1, -0.05) is 50.3 Å². The topological polar surface area (TPSA) is 60.2 Å². The summed E-state index contributed by atoms with van der Waals surface area (Å²) in [4.78, 5) is 20.1. The van der Waals surface area contributed by atoms with Crippen molar-refractivity contribution in [2.24, 2.45) is 0 Å². The summed E-state index contributed by atoms with van der Waals surface area (Å²) in [5.41, 5.74) is 0.988. The maximum Gasteiger partial charge on any atom is 0.269 e. The zero-order valence-corrected chi connectivity index (χ0v) is 15.9. The smallest absolute Gasteiger partial charge is 0.269 e. The number of hydrogen-bond acceptors (Lipinski definition) is 3. The van der Waals surface area contributed by atoms with Crippen LogP contribution >= 0.6 is 0 Å². The van der Waals surface area contributed by atoms with Crippen molar-refractivity contribution in [3.63, 3.8) is 0 Å². The Morgan fingerprint density at radius 2 is 1.71 bits per heavy atom. The van der Waals surface area contributed by atoms with Crippen LogP contribution in [0.15, 0.2) is 54.1 Å². The van der Waals surface area contributed by atoms with E-state index in [-0.39, 0.29) is 51.6 Å². The standard InChI is InChI=1S/C7H8O.C6H5NO2.C2H6.CH3.Y/c1-6(8)7-4-2-3-5-7;8-7(9)6-4-2-1-3-5-6;1-2;;/h2,4-5H,3H2,1H3;1-5H;1-2H3;1H3;/q;;;-1;. The molecule has 0 fully saturated rings. The van der Waals surface area contributed by atoms with Crippen molar-refractivity contribution in [3.8, 4) is 0 Å². The third kappa shape index (κ3) is 11.2.